The van der Waals surface area contributed by atoms with Crippen molar-refractivity contribution in [2.45, 2.75) is 36.3 Å². The number of alkyl halides is 2. The molecule has 0 N–H and O–H groups in total. The van der Waals surface area contributed by atoms with Gasteiger partial charge in [0.2, 0.25) is 0 Å². The van der Waals surface area contributed by atoms with Gasteiger partial charge in [-0.25, -0.2) is 0 Å². The van der Waals surface area contributed by atoms with E-state index in [1.54, 1.807) is 38.1 Å². The Morgan fingerprint density at radius 1 is 0.846 bits per heavy atom. The van der Waals surface area contributed by atoms with Gasteiger partial charge in [-0.2, -0.15) is 0 Å². The first-order valence-corrected chi connectivity index (χ1v) is 10.3. The summed E-state index contributed by atoms with van der Waals surface area (Å²) in [5.41, 5.74) is 3.60. The van der Waals surface area contributed by atoms with Crippen molar-refractivity contribution in [2.24, 2.45) is 10.4 Å². The van der Waals surface area contributed by atoms with Crippen molar-refractivity contribution in [1.82, 2.24) is 0 Å². The van der Waals surface area contributed by atoms with Gasteiger partial charge in [-0.15, -0.1) is 9.81 Å². The number of carbonyl (C=O) groups is 1. The summed E-state index contributed by atoms with van der Waals surface area (Å²) in [5, 5.41) is 7.33. The molecule has 0 saturated carbocycles. The van der Waals surface area contributed by atoms with E-state index in [1.807, 2.05) is 12.1 Å². The molecule has 0 aliphatic heterocycles. The smallest absolute Gasteiger partial charge is 0.147 e. The summed E-state index contributed by atoms with van der Waals surface area (Å²) in [5.74, 6) is -1.18. The fourth-order valence-corrected chi connectivity index (χ4v) is 3.61. The monoisotopic (exact) mass is 480 g/mol. The Balaban J connectivity index is 2.42. The quantitative estimate of drug-likeness (QED) is 0.309. The predicted molar refractivity (Wildman–Crippen MR) is 111 cm³/mol. The SMILES string of the molecule is CC(C(=O)C(C)c1cc(CBr)ccc1N=O)c1cc(CBr)ccc1N=O. The molecule has 26 heavy (non-hydrogen) atoms. The van der Waals surface area contributed by atoms with Crippen molar-refractivity contribution >= 4 is 49.0 Å². The molecule has 0 fully saturated rings. The standard InChI is InChI=1S/C19H18Br2N2O3/c1-11(15-7-13(9-20)3-5-17(15)22-25)19(24)12(2)16-8-14(10-21)4-6-18(16)23-26/h3-8,11-12H,9-10H2,1-2H3. The van der Waals surface area contributed by atoms with Crippen molar-refractivity contribution in [3.8, 4) is 0 Å². The topological polar surface area (TPSA) is 75.9 Å². The summed E-state index contributed by atoms with van der Waals surface area (Å²) in [7, 11) is 0. The third-order valence-electron chi connectivity index (χ3n) is 4.48. The van der Waals surface area contributed by atoms with Crippen LogP contribution in [0.25, 0.3) is 0 Å². The van der Waals surface area contributed by atoms with E-state index >= 15 is 0 Å². The summed E-state index contributed by atoms with van der Waals surface area (Å²) in [4.78, 5) is 35.4. The van der Waals surface area contributed by atoms with E-state index in [4.69, 9.17) is 0 Å². The van der Waals surface area contributed by atoms with Crippen LogP contribution in [0.4, 0.5) is 11.4 Å². The number of nitrogens with zero attached hydrogens (tertiary/aromatic N) is 2. The number of Topliss-reactive ketones (excluding diaryl/α,β-unsaturated/α-hetero) is 1. The number of halogens is 2. The van der Waals surface area contributed by atoms with Crippen LogP contribution < -0.4 is 0 Å². The average molecular weight is 482 g/mol. The number of benzene rings is 2. The van der Waals surface area contributed by atoms with Crippen LogP contribution in [0.5, 0.6) is 0 Å². The zero-order chi connectivity index (χ0) is 19.3. The molecule has 2 unspecified atom stereocenters. The first-order valence-electron chi connectivity index (χ1n) is 8.04. The Bertz CT molecular complexity index is 772. The van der Waals surface area contributed by atoms with E-state index in [0.717, 1.165) is 11.1 Å². The van der Waals surface area contributed by atoms with Crippen LogP contribution in [0.3, 0.4) is 0 Å². The lowest BCUT2D eigenvalue weighted by molar-refractivity contribution is -0.121. The second-order valence-corrected chi connectivity index (χ2v) is 7.20. The lowest BCUT2D eigenvalue weighted by atomic mass is 9.84. The van der Waals surface area contributed by atoms with Crippen LogP contribution in [-0.2, 0) is 15.5 Å². The summed E-state index contributed by atoms with van der Waals surface area (Å²) in [6.07, 6.45) is 0. The number of nitroso groups, excluding NO2 is 2. The second-order valence-electron chi connectivity index (χ2n) is 6.08. The minimum Gasteiger partial charge on any atom is -0.298 e. The predicted octanol–water partition coefficient (Wildman–Crippen LogP) is 6.75. The largest absolute Gasteiger partial charge is 0.298 e. The minimum atomic E-state index is -0.538. The van der Waals surface area contributed by atoms with Crippen LogP contribution >= 0.6 is 31.9 Å². The molecule has 2 rings (SSSR count). The Kier molecular flexibility index (Phi) is 7.34. The van der Waals surface area contributed by atoms with Crippen LogP contribution in [0, 0.1) is 9.81 Å². The second kappa shape index (κ2) is 9.28. The van der Waals surface area contributed by atoms with Crippen molar-refractivity contribution in [3.05, 3.63) is 68.5 Å². The number of rotatable bonds is 8. The lowest BCUT2D eigenvalue weighted by Gasteiger charge is -2.19. The molecule has 7 heteroatoms. The molecule has 0 radical (unpaired) electrons. The summed E-state index contributed by atoms with van der Waals surface area (Å²) >= 11 is 6.76. The zero-order valence-corrected chi connectivity index (χ0v) is 17.6. The molecule has 0 heterocycles. The third-order valence-corrected chi connectivity index (χ3v) is 5.77. The molecule has 0 amide bonds. The van der Waals surface area contributed by atoms with Gasteiger partial charge in [0.25, 0.3) is 0 Å². The van der Waals surface area contributed by atoms with Crippen molar-refractivity contribution in [1.29, 1.82) is 0 Å². The highest BCUT2D eigenvalue weighted by Gasteiger charge is 2.27. The normalized spacial score (nSPS) is 13.1. The Morgan fingerprint density at radius 3 is 1.54 bits per heavy atom. The van der Waals surface area contributed by atoms with Gasteiger partial charge in [0.05, 0.1) is 0 Å². The molecular formula is C19H18Br2N2O3. The maximum Gasteiger partial charge on any atom is 0.147 e. The maximum absolute atomic E-state index is 13.1. The fraction of sp³-hybridized carbons (Fsp3) is 0.316. The minimum absolute atomic E-state index is 0.0988. The fourth-order valence-electron chi connectivity index (χ4n) is 2.92. The van der Waals surface area contributed by atoms with Gasteiger partial charge in [0, 0.05) is 22.5 Å². The molecule has 2 aromatic rings. The molecule has 136 valence electrons. The number of ketones is 1. The van der Waals surface area contributed by atoms with E-state index in [2.05, 4.69) is 42.2 Å². The zero-order valence-electron chi connectivity index (χ0n) is 14.4. The summed E-state index contributed by atoms with van der Waals surface area (Å²) in [6.45, 7) is 3.51. The molecule has 0 aliphatic rings. The van der Waals surface area contributed by atoms with Gasteiger partial charge in [-0.1, -0.05) is 70.0 Å². The molecule has 0 bridgehead atoms. The highest BCUT2D eigenvalue weighted by Crippen LogP contribution is 2.36. The molecular weight excluding hydrogens is 464 g/mol. The highest BCUT2D eigenvalue weighted by molar-refractivity contribution is 9.08. The Labute approximate surface area is 168 Å². The molecule has 2 aromatic carbocycles. The lowest BCUT2D eigenvalue weighted by Crippen LogP contribution is -2.17. The van der Waals surface area contributed by atoms with Gasteiger partial charge >= 0.3 is 0 Å². The number of hydrogen-bond donors (Lipinski definition) is 0. The van der Waals surface area contributed by atoms with Crippen molar-refractivity contribution < 1.29 is 4.79 Å². The van der Waals surface area contributed by atoms with Crippen LogP contribution in [0.15, 0.2) is 46.8 Å². The van der Waals surface area contributed by atoms with Gasteiger partial charge in [0.1, 0.15) is 17.2 Å². The Morgan fingerprint density at radius 2 is 1.23 bits per heavy atom. The van der Waals surface area contributed by atoms with Gasteiger partial charge in [0.15, 0.2) is 0 Å². The van der Waals surface area contributed by atoms with E-state index < -0.39 is 11.8 Å². The average Bonchev–Trinajstić information content (AvgIpc) is 2.70. The highest BCUT2D eigenvalue weighted by atomic mass is 79.9. The van der Waals surface area contributed by atoms with Gasteiger partial charge in [-0.3, -0.25) is 4.79 Å². The van der Waals surface area contributed by atoms with E-state index in [-0.39, 0.29) is 17.2 Å². The van der Waals surface area contributed by atoms with E-state index in [9.17, 15) is 14.6 Å². The van der Waals surface area contributed by atoms with Gasteiger partial charge in [-0.05, 0) is 44.7 Å². The summed E-state index contributed by atoms with van der Waals surface area (Å²) in [6, 6.07) is 10.5. The van der Waals surface area contributed by atoms with Crippen molar-refractivity contribution in [3.63, 3.8) is 0 Å². The van der Waals surface area contributed by atoms with E-state index in [1.165, 1.54) is 0 Å². The number of carbonyl (C=O) groups excluding carboxylic acids is 1. The van der Waals surface area contributed by atoms with Gasteiger partial charge < -0.3 is 0 Å². The molecule has 0 saturated heterocycles. The molecule has 0 spiro atoms. The molecule has 0 aliphatic carbocycles. The number of hydrogen-bond acceptors (Lipinski definition) is 5. The van der Waals surface area contributed by atoms with Crippen molar-refractivity contribution in [2.75, 3.05) is 0 Å². The third kappa shape index (κ3) is 4.32. The first kappa shape index (κ1) is 20.6. The molecule has 5 nitrogen and oxygen atoms in total. The van der Waals surface area contributed by atoms with Crippen LogP contribution in [0.1, 0.15) is 47.9 Å². The Hall–Kier alpha value is -1.73. The summed E-state index contributed by atoms with van der Waals surface area (Å²) < 4.78 is 0. The first-order chi connectivity index (χ1) is 12.5. The van der Waals surface area contributed by atoms with Crippen LogP contribution in [-0.4, -0.2) is 5.78 Å². The van der Waals surface area contributed by atoms with E-state index in [0.29, 0.717) is 21.8 Å². The molecule has 2 atom stereocenters. The maximum atomic E-state index is 13.1. The molecule has 0 aromatic heterocycles. The van der Waals surface area contributed by atoms with Crippen LogP contribution in [0.2, 0.25) is 0 Å².